The van der Waals surface area contributed by atoms with E-state index in [1.165, 1.54) is 6.42 Å². The van der Waals surface area contributed by atoms with E-state index in [1.54, 1.807) is 40.7 Å². The summed E-state index contributed by atoms with van der Waals surface area (Å²) in [5.41, 5.74) is -0.643. The molecule has 0 heterocycles. The van der Waals surface area contributed by atoms with Crippen LogP contribution >= 0.6 is 0 Å². The maximum atomic E-state index is 11.9. The lowest BCUT2D eigenvalue weighted by atomic mass is 10.0. The molecule has 7 heteroatoms. The smallest absolute Gasteiger partial charge is 0.408 e. The minimum absolute atomic E-state index is 0.142. The van der Waals surface area contributed by atoms with E-state index in [4.69, 9.17) is 9.47 Å². The molecule has 26 heavy (non-hydrogen) atoms. The zero-order chi connectivity index (χ0) is 20.8. The number of hydrogen-bond acceptors (Lipinski definition) is 5. The molecule has 2 N–H and O–H groups in total. The van der Waals surface area contributed by atoms with Gasteiger partial charge in [0.2, 0.25) is 5.91 Å². The average molecular weight is 373 g/mol. The summed E-state index contributed by atoms with van der Waals surface area (Å²) >= 11 is 0. The van der Waals surface area contributed by atoms with Crippen molar-refractivity contribution >= 4 is 18.0 Å². The van der Waals surface area contributed by atoms with Crippen LogP contribution in [0, 0.1) is 5.92 Å². The first-order chi connectivity index (χ1) is 12.0. The molecule has 0 aliphatic carbocycles. The SMILES string of the molecule is C=CCCOC(=O)C(NC(=O)CNC(=O)OC(C)(C)C)C(C)C.CCC. The van der Waals surface area contributed by atoms with Gasteiger partial charge in [0, 0.05) is 0 Å². The molecule has 0 saturated carbocycles. The van der Waals surface area contributed by atoms with Crippen LogP contribution in [0.4, 0.5) is 4.79 Å². The highest BCUT2D eigenvalue weighted by Crippen LogP contribution is 2.06. The molecular weight excluding hydrogens is 336 g/mol. The monoisotopic (exact) mass is 372 g/mol. The van der Waals surface area contributed by atoms with Crippen LogP contribution in [0.15, 0.2) is 12.7 Å². The first kappa shape index (κ1) is 26.2. The lowest BCUT2D eigenvalue weighted by Crippen LogP contribution is -2.49. The van der Waals surface area contributed by atoms with Crippen LogP contribution in [-0.4, -0.2) is 42.8 Å². The van der Waals surface area contributed by atoms with Gasteiger partial charge in [-0.2, -0.15) is 0 Å². The van der Waals surface area contributed by atoms with Gasteiger partial charge in [0.15, 0.2) is 0 Å². The normalized spacial score (nSPS) is 11.5. The fourth-order valence-electron chi connectivity index (χ4n) is 1.52. The number of hydrogen-bond donors (Lipinski definition) is 2. The first-order valence-corrected chi connectivity index (χ1v) is 9.02. The van der Waals surface area contributed by atoms with Crippen LogP contribution in [-0.2, 0) is 19.1 Å². The van der Waals surface area contributed by atoms with Gasteiger partial charge in [0.05, 0.1) is 6.61 Å². The Morgan fingerprint density at radius 2 is 1.69 bits per heavy atom. The molecule has 0 aromatic rings. The maximum absolute atomic E-state index is 11.9. The van der Waals surface area contributed by atoms with Gasteiger partial charge < -0.3 is 20.1 Å². The van der Waals surface area contributed by atoms with E-state index in [1.807, 2.05) is 0 Å². The van der Waals surface area contributed by atoms with Crippen molar-refractivity contribution in [3.8, 4) is 0 Å². The molecular formula is C19H36N2O5. The third-order valence-electron chi connectivity index (χ3n) is 2.60. The average Bonchev–Trinajstić information content (AvgIpc) is 2.49. The number of alkyl carbamates (subject to hydrolysis) is 1. The molecule has 7 nitrogen and oxygen atoms in total. The summed E-state index contributed by atoms with van der Waals surface area (Å²) in [6.45, 7) is 16.5. The summed E-state index contributed by atoms with van der Waals surface area (Å²) < 4.78 is 10.1. The van der Waals surface area contributed by atoms with E-state index in [0.29, 0.717) is 6.42 Å². The zero-order valence-electron chi connectivity index (χ0n) is 17.3. The van der Waals surface area contributed by atoms with Crippen molar-refractivity contribution in [3.63, 3.8) is 0 Å². The van der Waals surface area contributed by atoms with Gasteiger partial charge in [-0.15, -0.1) is 6.58 Å². The van der Waals surface area contributed by atoms with Crippen molar-refractivity contribution in [1.29, 1.82) is 0 Å². The lowest BCUT2D eigenvalue weighted by Gasteiger charge is -2.22. The fourth-order valence-corrected chi connectivity index (χ4v) is 1.52. The highest BCUT2D eigenvalue weighted by Gasteiger charge is 2.26. The second-order valence-electron chi connectivity index (χ2n) is 7.10. The summed E-state index contributed by atoms with van der Waals surface area (Å²) in [7, 11) is 0. The molecule has 0 aromatic heterocycles. The fraction of sp³-hybridized carbons (Fsp3) is 0.737. The molecule has 0 spiro atoms. The van der Waals surface area contributed by atoms with E-state index >= 15 is 0 Å². The number of esters is 1. The second-order valence-corrected chi connectivity index (χ2v) is 7.10. The molecule has 0 radical (unpaired) electrons. The molecule has 0 saturated heterocycles. The van der Waals surface area contributed by atoms with Gasteiger partial charge in [0.25, 0.3) is 0 Å². The quantitative estimate of drug-likeness (QED) is 0.388. The number of carbonyl (C=O) groups is 3. The Balaban J connectivity index is 0. The Kier molecular flexibility index (Phi) is 14.3. The number of amides is 2. The Morgan fingerprint density at radius 1 is 1.15 bits per heavy atom. The predicted molar refractivity (Wildman–Crippen MR) is 103 cm³/mol. The Labute approximate surface area is 157 Å². The summed E-state index contributed by atoms with van der Waals surface area (Å²) in [4.78, 5) is 35.3. The Bertz CT molecular complexity index is 442. The van der Waals surface area contributed by atoms with E-state index < -0.39 is 29.6 Å². The molecule has 152 valence electrons. The first-order valence-electron chi connectivity index (χ1n) is 9.02. The molecule has 0 rings (SSSR count). The summed E-state index contributed by atoms with van der Waals surface area (Å²) in [6, 6.07) is -0.771. The third kappa shape index (κ3) is 15.5. The van der Waals surface area contributed by atoms with Crippen molar-refractivity contribution in [2.24, 2.45) is 5.92 Å². The third-order valence-corrected chi connectivity index (χ3v) is 2.60. The minimum Gasteiger partial charge on any atom is -0.464 e. The molecule has 0 bridgehead atoms. The van der Waals surface area contributed by atoms with Crippen LogP contribution in [0.25, 0.3) is 0 Å². The molecule has 0 fully saturated rings. The van der Waals surface area contributed by atoms with Crippen molar-refractivity contribution < 1.29 is 23.9 Å². The highest BCUT2D eigenvalue weighted by molar-refractivity contribution is 5.87. The lowest BCUT2D eigenvalue weighted by molar-refractivity contribution is -0.149. The minimum atomic E-state index is -0.771. The topological polar surface area (TPSA) is 93.7 Å². The van der Waals surface area contributed by atoms with Crippen molar-refractivity contribution in [2.45, 2.75) is 73.0 Å². The standard InChI is InChI=1S/C16H28N2O5.C3H8/c1-7-8-9-22-14(20)13(11(2)3)18-12(19)10-17-15(21)23-16(4,5)6;1-3-2/h7,11,13H,1,8-10H2,2-6H3,(H,17,21)(H,18,19);3H2,1-2H3. The molecule has 2 amide bonds. The molecule has 0 aliphatic rings. The Morgan fingerprint density at radius 3 is 2.12 bits per heavy atom. The number of carbonyl (C=O) groups excluding carboxylic acids is 3. The molecule has 0 aliphatic heterocycles. The van der Waals surface area contributed by atoms with E-state index in [-0.39, 0.29) is 19.1 Å². The number of nitrogens with one attached hydrogen (secondary N) is 2. The number of rotatable bonds is 8. The largest absolute Gasteiger partial charge is 0.464 e. The molecule has 1 atom stereocenters. The maximum Gasteiger partial charge on any atom is 0.408 e. The van der Waals surface area contributed by atoms with E-state index in [0.717, 1.165) is 0 Å². The van der Waals surface area contributed by atoms with Crippen LogP contribution in [0.1, 0.15) is 61.3 Å². The van der Waals surface area contributed by atoms with Gasteiger partial charge in [-0.1, -0.05) is 40.2 Å². The van der Waals surface area contributed by atoms with Gasteiger partial charge in [-0.25, -0.2) is 9.59 Å². The van der Waals surface area contributed by atoms with Gasteiger partial charge in [-0.05, 0) is 33.1 Å². The second kappa shape index (κ2) is 14.2. The zero-order valence-corrected chi connectivity index (χ0v) is 17.3. The van der Waals surface area contributed by atoms with Crippen molar-refractivity contribution in [3.05, 3.63) is 12.7 Å². The van der Waals surface area contributed by atoms with Crippen molar-refractivity contribution in [2.75, 3.05) is 13.2 Å². The van der Waals surface area contributed by atoms with Crippen LogP contribution < -0.4 is 10.6 Å². The molecule has 1 unspecified atom stereocenters. The van der Waals surface area contributed by atoms with E-state index in [9.17, 15) is 14.4 Å². The van der Waals surface area contributed by atoms with Crippen LogP contribution in [0.3, 0.4) is 0 Å². The van der Waals surface area contributed by atoms with E-state index in [2.05, 4.69) is 31.1 Å². The van der Waals surface area contributed by atoms with Gasteiger partial charge >= 0.3 is 12.1 Å². The highest BCUT2D eigenvalue weighted by atomic mass is 16.6. The van der Waals surface area contributed by atoms with Crippen molar-refractivity contribution in [1.82, 2.24) is 10.6 Å². The molecule has 0 aromatic carbocycles. The van der Waals surface area contributed by atoms with Crippen LogP contribution in [0.2, 0.25) is 0 Å². The predicted octanol–water partition coefficient (Wildman–Crippen LogP) is 3.19. The summed E-state index contributed by atoms with van der Waals surface area (Å²) in [5.74, 6) is -1.14. The van der Waals surface area contributed by atoms with Crippen LogP contribution in [0.5, 0.6) is 0 Å². The van der Waals surface area contributed by atoms with Gasteiger partial charge in [0.1, 0.15) is 18.2 Å². The Hall–Kier alpha value is -2.05. The summed E-state index contributed by atoms with van der Waals surface area (Å²) in [6.07, 6.45) is 2.74. The van der Waals surface area contributed by atoms with Gasteiger partial charge in [-0.3, -0.25) is 4.79 Å². The summed E-state index contributed by atoms with van der Waals surface area (Å²) in [5, 5.41) is 4.89. The number of ether oxygens (including phenoxy) is 2.